The lowest BCUT2D eigenvalue weighted by Gasteiger charge is -2.07. The Morgan fingerprint density at radius 3 is 2.70 bits per heavy atom. The Hall–Kier alpha value is -0.540. The van der Waals surface area contributed by atoms with E-state index in [2.05, 4.69) is 11.3 Å². The molecule has 0 amide bonds. The van der Waals surface area contributed by atoms with Crippen molar-refractivity contribution in [2.75, 3.05) is 0 Å². The van der Waals surface area contributed by atoms with Gasteiger partial charge in [0.25, 0.3) is 0 Å². The van der Waals surface area contributed by atoms with Crippen LogP contribution in [-0.2, 0) is 9.53 Å². The summed E-state index contributed by atoms with van der Waals surface area (Å²) in [4.78, 5) is 10.5. The number of esters is 1. The van der Waals surface area contributed by atoms with Crippen LogP contribution in [0, 0.1) is 0 Å². The van der Waals surface area contributed by atoms with Crippen molar-refractivity contribution < 1.29 is 14.6 Å². The zero-order chi connectivity index (χ0) is 8.15. The lowest BCUT2D eigenvalue weighted by atomic mass is 10.4. The van der Waals surface area contributed by atoms with Gasteiger partial charge in [0.2, 0.25) is 0 Å². The molecule has 2 atom stereocenters. The van der Waals surface area contributed by atoms with Gasteiger partial charge in [-0.25, -0.2) is 4.79 Å². The van der Waals surface area contributed by atoms with Gasteiger partial charge in [0, 0.05) is 0 Å². The molecular weight excluding hydrogens is 156 g/mol. The highest BCUT2D eigenvalue weighted by Gasteiger charge is 2.12. The first-order valence-electron chi connectivity index (χ1n) is 2.73. The minimum Gasteiger partial charge on any atom is -0.440 e. The molecule has 0 spiro atoms. The van der Waals surface area contributed by atoms with Crippen molar-refractivity contribution in [3.8, 4) is 0 Å². The lowest BCUT2D eigenvalue weighted by Crippen LogP contribution is -2.21. The highest BCUT2D eigenvalue weighted by Crippen LogP contribution is 2.00. The van der Waals surface area contributed by atoms with E-state index in [-0.39, 0.29) is 0 Å². The number of carbonyl (C=O) groups excluding carboxylic acids is 1. The summed E-state index contributed by atoms with van der Waals surface area (Å²) in [5, 5.41) is 8.60. The summed E-state index contributed by atoms with van der Waals surface area (Å²) < 4.78 is 4.42. The third-order valence-corrected chi connectivity index (χ3v) is 1.02. The summed E-state index contributed by atoms with van der Waals surface area (Å²) in [5.74, 6) is -0.750. The molecule has 0 aliphatic rings. The largest absolute Gasteiger partial charge is 0.440 e. The molecule has 1 N–H and O–H groups in total. The first-order valence-corrected chi connectivity index (χ1v) is 3.16. The van der Waals surface area contributed by atoms with Gasteiger partial charge in [-0.2, -0.15) is 0 Å². The number of aliphatic hydroxyl groups excluding tert-OH is 1. The molecule has 0 aliphatic heterocycles. The molecule has 0 unspecified atom stereocenters. The van der Waals surface area contributed by atoms with Crippen LogP contribution < -0.4 is 0 Å². The molecule has 0 aromatic carbocycles. The summed E-state index contributed by atoms with van der Waals surface area (Å²) in [6, 6.07) is 0. The van der Waals surface area contributed by atoms with Gasteiger partial charge in [-0.1, -0.05) is 18.2 Å². The molecule has 0 heterocycles. The summed E-state index contributed by atoms with van der Waals surface area (Å²) in [6.07, 6.45) is 0.114. The van der Waals surface area contributed by atoms with Crippen molar-refractivity contribution >= 4 is 17.6 Å². The average molecular weight is 165 g/mol. The van der Waals surface area contributed by atoms with E-state index in [0.29, 0.717) is 0 Å². The molecule has 0 aromatic rings. The molecule has 0 radical (unpaired) electrons. The molecule has 0 fully saturated rings. The van der Waals surface area contributed by atoms with Gasteiger partial charge in [0.05, 0.1) is 0 Å². The zero-order valence-corrected chi connectivity index (χ0v) is 6.34. The number of hydrogen-bond donors (Lipinski definition) is 1. The van der Waals surface area contributed by atoms with E-state index in [0.717, 1.165) is 0 Å². The van der Waals surface area contributed by atoms with E-state index < -0.39 is 17.6 Å². The Labute approximate surface area is 64.2 Å². The van der Waals surface area contributed by atoms with Crippen molar-refractivity contribution in [1.29, 1.82) is 0 Å². The quantitative estimate of drug-likeness (QED) is 0.379. The molecule has 0 saturated heterocycles. The summed E-state index contributed by atoms with van der Waals surface area (Å²) in [7, 11) is 0. The second-order valence-electron chi connectivity index (χ2n) is 1.70. The van der Waals surface area contributed by atoms with E-state index in [9.17, 15) is 4.79 Å². The highest BCUT2D eigenvalue weighted by molar-refractivity contribution is 6.21. The van der Waals surface area contributed by atoms with Gasteiger partial charge >= 0.3 is 5.97 Å². The molecule has 0 aliphatic carbocycles. The molecule has 0 aromatic heterocycles. The smallest absolute Gasteiger partial charge is 0.336 e. The molecule has 0 bridgehead atoms. The minimum absolute atomic E-state index is 0.750. The number of halogens is 1. The summed E-state index contributed by atoms with van der Waals surface area (Å²) in [6.45, 7) is 4.58. The van der Waals surface area contributed by atoms with Crippen LogP contribution in [0.2, 0.25) is 0 Å². The predicted octanol–water partition coefficient (Wildman–Crippen LogP) is 0.661. The number of carbonyl (C=O) groups is 1. The van der Waals surface area contributed by atoms with Crippen LogP contribution >= 0.6 is 11.6 Å². The van der Waals surface area contributed by atoms with Crippen molar-refractivity contribution in [3.05, 3.63) is 12.7 Å². The molecule has 4 heteroatoms. The maximum Gasteiger partial charge on any atom is 0.336 e. The van der Waals surface area contributed by atoms with Gasteiger partial charge in [-0.3, -0.25) is 0 Å². The van der Waals surface area contributed by atoms with Crippen LogP contribution in [0.1, 0.15) is 6.92 Å². The first-order chi connectivity index (χ1) is 4.57. The van der Waals surface area contributed by atoms with Gasteiger partial charge in [-0.15, -0.1) is 0 Å². The third-order valence-electron chi connectivity index (χ3n) is 0.755. The number of alkyl halides is 1. The number of ether oxygens (including phenoxy) is 1. The van der Waals surface area contributed by atoms with Crippen molar-refractivity contribution in [2.45, 2.75) is 18.6 Å². The Kier molecular flexibility index (Phi) is 4.07. The molecule has 10 heavy (non-hydrogen) atoms. The Bertz CT molecular complexity index is 133. The number of rotatable bonds is 3. The van der Waals surface area contributed by atoms with E-state index in [1.165, 1.54) is 13.0 Å². The Morgan fingerprint density at radius 1 is 1.90 bits per heavy atom. The third kappa shape index (κ3) is 3.48. The van der Waals surface area contributed by atoms with Crippen molar-refractivity contribution in [2.24, 2.45) is 0 Å². The number of hydrogen-bond acceptors (Lipinski definition) is 3. The maximum atomic E-state index is 10.5. The van der Waals surface area contributed by atoms with Crippen molar-refractivity contribution in [1.82, 2.24) is 0 Å². The standard InChI is InChI=1S/C6H9ClO3/c1-3-5(7)10-6(9)4(2)8/h3-5,8H,1H2,2H3/t4-,5+/m1/s1. The predicted molar refractivity (Wildman–Crippen MR) is 37.6 cm³/mol. The fraction of sp³-hybridized carbons (Fsp3) is 0.500. The normalized spacial score (nSPS) is 15.5. The van der Waals surface area contributed by atoms with Crippen LogP contribution in [0.4, 0.5) is 0 Å². The van der Waals surface area contributed by atoms with E-state index in [1.807, 2.05) is 0 Å². The van der Waals surface area contributed by atoms with Crippen molar-refractivity contribution in [3.63, 3.8) is 0 Å². The summed E-state index contributed by atoms with van der Waals surface area (Å²) in [5.41, 5.74) is -0.859. The molecular formula is C6H9ClO3. The summed E-state index contributed by atoms with van der Waals surface area (Å²) >= 11 is 5.33. The van der Waals surface area contributed by atoms with E-state index in [4.69, 9.17) is 16.7 Å². The van der Waals surface area contributed by atoms with Crippen LogP contribution in [-0.4, -0.2) is 22.7 Å². The minimum atomic E-state index is -1.14. The molecule has 58 valence electrons. The van der Waals surface area contributed by atoms with Crippen LogP contribution in [0.25, 0.3) is 0 Å². The van der Waals surface area contributed by atoms with Gasteiger partial charge < -0.3 is 9.84 Å². The SMILES string of the molecule is C=C[C@@H](Cl)OC(=O)[C@@H](C)O. The Balaban J connectivity index is 3.68. The maximum absolute atomic E-state index is 10.5. The van der Waals surface area contributed by atoms with Crippen LogP contribution in [0.3, 0.4) is 0 Å². The second-order valence-corrected chi connectivity index (χ2v) is 2.13. The van der Waals surface area contributed by atoms with Crippen LogP contribution in [0.15, 0.2) is 12.7 Å². The number of aliphatic hydroxyl groups is 1. The average Bonchev–Trinajstić information content (AvgIpc) is 1.87. The molecule has 3 nitrogen and oxygen atoms in total. The fourth-order valence-electron chi connectivity index (χ4n) is 0.258. The molecule has 0 saturated carbocycles. The van der Waals surface area contributed by atoms with Gasteiger partial charge in [-0.05, 0) is 13.0 Å². The topological polar surface area (TPSA) is 46.5 Å². The zero-order valence-electron chi connectivity index (χ0n) is 5.58. The first kappa shape index (κ1) is 9.46. The fourth-order valence-corrected chi connectivity index (χ4v) is 0.345. The van der Waals surface area contributed by atoms with Crippen LogP contribution in [0.5, 0.6) is 0 Å². The van der Waals surface area contributed by atoms with Gasteiger partial charge in [0.1, 0.15) is 6.10 Å². The molecule has 0 rings (SSSR count). The lowest BCUT2D eigenvalue weighted by molar-refractivity contribution is -0.152. The monoisotopic (exact) mass is 164 g/mol. The van der Waals surface area contributed by atoms with Gasteiger partial charge in [0.15, 0.2) is 5.56 Å². The van der Waals surface area contributed by atoms with E-state index in [1.54, 1.807) is 0 Å². The second kappa shape index (κ2) is 4.30. The Morgan fingerprint density at radius 2 is 2.40 bits per heavy atom. The van der Waals surface area contributed by atoms with E-state index >= 15 is 0 Å². The highest BCUT2D eigenvalue weighted by atomic mass is 35.5.